The molecule has 2 bridgehead atoms. The maximum absolute atomic E-state index is 12.9. The molecule has 4 atom stereocenters. The number of carbonyl (C=O) groups is 1. The van der Waals surface area contributed by atoms with Crippen molar-refractivity contribution in [3.8, 4) is 0 Å². The largest absolute Gasteiger partial charge is 0.370 e. The lowest BCUT2D eigenvalue weighted by atomic mass is 9.73. The Morgan fingerprint density at radius 2 is 2.07 bits per heavy atom. The van der Waals surface area contributed by atoms with E-state index in [0.717, 1.165) is 51.9 Å². The third-order valence-corrected chi connectivity index (χ3v) is 8.10. The Morgan fingerprint density at radius 3 is 2.80 bits per heavy atom. The first kappa shape index (κ1) is 18.6. The fourth-order valence-electron chi connectivity index (χ4n) is 6.57. The number of rotatable bonds is 5. The van der Waals surface area contributed by atoms with E-state index < -0.39 is 0 Å². The number of carbonyl (C=O) groups excluding carboxylic acids is 1. The minimum Gasteiger partial charge on any atom is -0.370 e. The second-order valence-corrected chi connectivity index (χ2v) is 9.76. The number of likely N-dealkylation sites (tertiary alicyclic amines) is 1. The minimum absolute atomic E-state index is 0.00223. The smallest absolute Gasteiger partial charge is 0.223 e. The molecule has 158 valence electrons. The molecule has 3 aliphatic heterocycles. The monoisotopic (exact) mass is 406 g/mol. The van der Waals surface area contributed by atoms with E-state index in [1.807, 2.05) is 17.9 Å². The van der Waals surface area contributed by atoms with E-state index in [4.69, 9.17) is 4.74 Å². The zero-order valence-electron chi connectivity index (χ0n) is 17.6. The van der Waals surface area contributed by atoms with Crippen LogP contribution in [0.25, 0.3) is 0 Å². The fraction of sp³-hybridized carbons (Fsp3) is 0.583. The summed E-state index contributed by atoms with van der Waals surface area (Å²) in [5, 5.41) is 7.62. The SMILES string of the molecule is Cn1nccc1CN1C[C@@H]2[C@H](CNC(=O)C3Cc4ccccc4C3)[C@H]3CC[C@]2(C1)O3. The summed E-state index contributed by atoms with van der Waals surface area (Å²) >= 11 is 0. The second kappa shape index (κ2) is 6.92. The van der Waals surface area contributed by atoms with Crippen molar-refractivity contribution in [2.75, 3.05) is 19.6 Å². The van der Waals surface area contributed by atoms with Gasteiger partial charge in [-0.05, 0) is 42.9 Å². The number of aromatic nitrogens is 2. The Bertz CT molecular complexity index is 947. The number of hydrogen-bond donors (Lipinski definition) is 1. The lowest BCUT2D eigenvalue weighted by molar-refractivity contribution is -0.125. The van der Waals surface area contributed by atoms with E-state index in [9.17, 15) is 4.79 Å². The van der Waals surface area contributed by atoms with Gasteiger partial charge in [0.25, 0.3) is 0 Å². The average molecular weight is 407 g/mol. The molecule has 1 aliphatic carbocycles. The van der Waals surface area contributed by atoms with Crippen LogP contribution in [0, 0.1) is 17.8 Å². The van der Waals surface area contributed by atoms with Crippen LogP contribution in [0.5, 0.6) is 0 Å². The summed E-state index contributed by atoms with van der Waals surface area (Å²) in [4.78, 5) is 15.4. The highest BCUT2D eigenvalue weighted by Gasteiger charge is 2.62. The van der Waals surface area contributed by atoms with Crippen LogP contribution in [0.4, 0.5) is 0 Å². The zero-order valence-corrected chi connectivity index (χ0v) is 17.6. The van der Waals surface area contributed by atoms with Crippen LogP contribution < -0.4 is 5.32 Å². The van der Waals surface area contributed by atoms with E-state index >= 15 is 0 Å². The molecule has 3 fully saturated rings. The van der Waals surface area contributed by atoms with Gasteiger partial charge in [-0.2, -0.15) is 5.10 Å². The quantitative estimate of drug-likeness (QED) is 0.824. The molecule has 1 amide bonds. The minimum atomic E-state index is 0.00223. The summed E-state index contributed by atoms with van der Waals surface area (Å²) in [6.07, 6.45) is 6.22. The molecule has 3 saturated heterocycles. The van der Waals surface area contributed by atoms with E-state index in [-0.39, 0.29) is 17.4 Å². The summed E-state index contributed by atoms with van der Waals surface area (Å²) in [7, 11) is 2.01. The molecule has 0 saturated carbocycles. The molecule has 4 heterocycles. The standard InChI is InChI=1S/C24H30N4O2/c1-27-19(7-9-26-27)13-28-14-21-20(22-6-8-24(21,15-28)30-22)12-25-23(29)18-10-16-4-2-3-5-17(16)11-18/h2-5,7,9,18,20-22H,6,8,10-15H2,1H3,(H,25,29)/t20-,21+,22+,24+/m0/s1. The molecule has 4 aliphatic rings. The van der Waals surface area contributed by atoms with Crippen molar-refractivity contribution in [3.05, 3.63) is 53.3 Å². The first-order valence-corrected chi connectivity index (χ1v) is 11.3. The average Bonchev–Trinajstić information content (AvgIpc) is 3.53. The maximum Gasteiger partial charge on any atom is 0.223 e. The van der Waals surface area contributed by atoms with Gasteiger partial charge in [-0.15, -0.1) is 0 Å². The third-order valence-electron chi connectivity index (χ3n) is 8.10. The van der Waals surface area contributed by atoms with Crippen LogP contribution in [0.2, 0.25) is 0 Å². The van der Waals surface area contributed by atoms with E-state index in [1.54, 1.807) is 0 Å². The summed E-state index contributed by atoms with van der Waals surface area (Å²) in [6.45, 7) is 3.73. The van der Waals surface area contributed by atoms with Crippen LogP contribution in [-0.4, -0.2) is 51.9 Å². The lowest BCUT2D eigenvalue weighted by Gasteiger charge is -2.29. The van der Waals surface area contributed by atoms with Crippen LogP contribution in [-0.2, 0) is 36.0 Å². The highest BCUT2D eigenvalue weighted by atomic mass is 16.5. The number of nitrogens with zero attached hydrogens (tertiary/aromatic N) is 3. The van der Waals surface area contributed by atoms with Crippen molar-refractivity contribution in [3.63, 3.8) is 0 Å². The fourth-order valence-corrected chi connectivity index (χ4v) is 6.57. The molecule has 1 spiro atoms. The van der Waals surface area contributed by atoms with Crippen molar-refractivity contribution in [2.24, 2.45) is 24.8 Å². The van der Waals surface area contributed by atoms with Crippen molar-refractivity contribution >= 4 is 5.91 Å². The molecular formula is C24H30N4O2. The number of ether oxygens (including phenoxy) is 1. The number of amides is 1. The van der Waals surface area contributed by atoms with Gasteiger partial charge >= 0.3 is 0 Å². The van der Waals surface area contributed by atoms with Gasteiger partial charge in [0.2, 0.25) is 5.91 Å². The van der Waals surface area contributed by atoms with Crippen LogP contribution in [0.1, 0.15) is 29.7 Å². The Morgan fingerprint density at radius 1 is 1.27 bits per heavy atom. The normalized spacial score (nSPS) is 32.5. The molecule has 30 heavy (non-hydrogen) atoms. The maximum atomic E-state index is 12.9. The van der Waals surface area contributed by atoms with Gasteiger partial charge in [0.05, 0.1) is 17.4 Å². The molecule has 6 nitrogen and oxygen atoms in total. The predicted octanol–water partition coefficient (Wildman–Crippen LogP) is 1.93. The van der Waals surface area contributed by atoms with Crippen molar-refractivity contribution < 1.29 is 9.53 Å². The Kier molecular flexibility index (Phi) is 4.29. The van der Waals surface area contributed by atoms with Gasteiger partial charge in [-0.3, -0.25) is 14.4 Å². The molecule has 1 aromatic carbocycles. The number of hydrogen-bond acceptors (Lipinski definition) is 4. The summed E-state index contributed by atoms with van der Waals surface area (Å²) in [5.74, 6) is 1.25. The van der Waals surface area contributed by atoms with Crippen molar-refractivity contribution in [1.29, 1.82) is 0 Å². The topological polar surface area (TPSA) is 59.4 Å². The van der Waals surface area contributed by atoms with Crippen molar-refractivity contribution in [2.45, 2.75) is 43.9 Å². The number of aryl methyl sites for hydroxylation is 1. The highest BCUT2D eigenvalue weighted by molar-refractivity contribution is 5.80. The number of fused-ring (bicyclic) bond motifs is 2. The van der Waals surface area contributed by atoms with Crippen LogP contribution >= 0.6 is 0 Å². The highest BCUT2D eigenvalue weighted by Crippen LogP contribution is 2.54. The Balaban J connectivity index is 1.09. The first-order chi connectivity index (χ1) is 14.6. The molecular weight excluding hydrogens is 376 g/mol. The van der Waals surface area contributed by atoms with Gasteiger partial charge in [0.1, 0.15) is 0 Å². The summed E-state index contributed by atoms with van der Waals surface area (Å²) < 4.78 is 8.53. The Labute approximate surface area is 177 Å². The van der Waals surface area contributed by atoms with E-state index in [2.05, 4.69) is 45.6 Å². The van der Waals surface area contributed by atoms with Crippen LogP contribution in [0.15, 0.2) is 36.5 Å². The summed E-state index contributed by atoms with van der Waals surface area (Å²) in [6, 6.07) is 10.6. The van der Waals surface area contributed by atoms with Gasteiger partial charge in [-0.25, -0.2) is 0 Å². The molecule has 6 rings (SSSR count). The molecule has 1 aromatic heterocycles. The molecule has 0 radical (unpaired) electrons. The molecule has 2 aromatic rings. The van der Waals surface area contributed by atoms with Crippen LogP contribution in [0.3, 0.4) is 0 Å². The summed E-state index contributed by atoms with van der Waals surface area (Å²) in [5.41, 5.74) is 3.91. The zero-order chi connectivity index (χ0) is 20.3. The van der Waals surface area contributed by atoms with E-state index in [1.165, 1.54) is 16.8 Å². The molecule has 6 heteroatoms. The number of nitrogens with one attached hydrogen (secondary N) is 1. The predicted molar refractivity (Wildman–Crippen MR) is 113 cm³/mol. The van der Waals surface area contributed by atoms with E-state index in [0.29, 0.717) is 17.9 Å². The Hall–Kier alpha value is -2.18. The van der Waals surface area contributed by atoms with Gasteiger partial charge in [0, 0.05) is 57.2 Å². The molecule has 1 N–H and O–H groups in total. The lowest BCUT2D eigenvalue weighted by Crippen LogP contribution is -2.43. The van der Waals surface area contributed by atoms with Crippen molar-refractivity contribution in [1.82, 2.24) is 20.0 Å². The van der Waals surface area contributed by atoms with Gasteiger partial charge in [-0.1, -0.05) is 24.3 Å². The third kappa shape index (κ3) is 2.92. The van der Waals surface area contributed by atoms with Gasteiger partial charge < -0.3 is 10.1 Å². The molecule has 0 unspecified atom stereocenters. The van der Waals surface area contributed by atoms with Gasteiger partial charge in [0.15, 0.2) is 0 Å². The second-order valence-electron chi connectivity index (χ2n) is 9.76. The first-order valence-electron chi connectivity index (χ1n) is 11.3. The number of benzene rings is 1.